The van der Waals surface area contributed by atoms with Crippen LogP contribution in [0.3, 0.4) is 0 Å². The van der Waals surface area contributed by atoms with Crippen LogP contribution in [0.4, 0.5) is 5.69 Å². The van der Waals surface area contributed by atoms with Crippen LogP contribution in [0.25, 0.3) is 11.4 Å². The molecule has 1 aliphatic heterocycles. The third kappa shape index (κ3) is 5.35. The van der Waals surface area contributed by atoms with Gasteiger partial charge in [-0.1, -0.05) is 11.6 Å². The topological polar surface area (TPSA) is 98.1 Å². The molecular formula is C21H25Cl2N5O3S. The lowest BCUT2D eigenvalue weighted by molar-refractivity contribution is 0.242. The lowest BCUT2D eigenvalue weighted by Crippen LogP contribution is -2.16. The molecule has 32 heavy (non-hydrogen) atoms. The third-order valence-electron chi connectivity index (χ3n) is 4.97. The predicted octanol–water partition coefficient (Wildman–Crippen LogP) is 4.14. The molecule has 1 unspecified atom stereocenters. The Morgan fingerprint density at radius 3 is 2.62 bits per heavy atom. The summed E-state index contributed by atoms with van der Waals surface area (Å²) < 4.78 is 36.3. The van der Waals surface area contributed by atoms with E-state index in [0.717, 1.165) is 19.5 Å². The Morgan fingerprint density at radius 2 is 1.97 bits per heavy atom. The van der Waals surface area contributed by atoms with E-state index < -0.39 is 10.0 Å². The molecule has 0 spiro atoms. The van der Waals surface area contributed by atoms with Gasteiger partial charge in [0.05, 0.1) is 22.7 Å². The van der Waals surface area contributed by atoms with E-state index in [0.29, 0.717) is 27.8 Å². The largest absolute Gasteiger partial charge is 0.491 e. The van der Waals surface area contributed by atoms with Gasteiger partial charge in [0.2, 0.25) is 0 Å². The summed E-state index contributed by atoms with van der Waals surface area (Å²) in [4.78, 5) is 0.131. The highest BCUT2D eigenvalue weighted by Crippen LogP contribution is 2.33. The number of rotatable bonds is 7. The minimum atomic E-state index is -3.84. The maximum Gasteiger partial charge on any atom is 0.261 e. The van der Waals surface area contributed by atoms with Crippen molar-refractivity contribution < 1.29 is 13.2 Å². The maximum atomic E-state index is 13.0. The zero-order valence-electron chi connectivity index (χ0n) is 17.7. The lowest BCUT2D eigenvalue weighted by Gasteiger charge is -2.17. The molecule has 4 rings (SSSR count). The first-order chi connectivity index (χ1) is 14.8. The predicted molar refractivity (Wildman–Crippen MR) is 127 cm³/mol. The third-order valence-corrected chi connectivity index (χ3v) is 6.59. The molecule has 172 valence electrons. The van der Waals surface area contributed by atoms with E-state index >= 15 is 0 Å². The molecule has 8 nitrogen and oxygen atoms in total. The summed E-state index contributed by atoms with van der Waals surface area (Å²) in [5, 5.41) is 12.1. The number of aromatic nitrogens is 3. The molecule has 1 fully saturated rings. The monoisotopic (exact) mass is 497 g/mol. The van der Waals surface area contributed by atoms with Crippen LogP contribution in [-0.4, -0.2) is 42.4 Å². The molecule has 1 atom stereocenters. The zero-order chi connectivity index (χ0) is 22.0. The second-order valence-electron chi connectivity index (χ2n) is 7.64. The summed E-state index contributed by atoms with van der Waals surface area (Å²) in [5.41, 5.74) is 0.951. The molecule has 2 heterocycles. The van der Waals surface area contributed by atoms with E-state index in [2.05, 4.69) is 20.2 Å². The highest BCUT2D eigenvalue weighted by atomic mass is 35.5. The van der Waals surface area contributed by atoms with Gasteiger partial charge in [0.1, 0.15) is 12.1 Å². The van der Waals surface area contributed by atoms with Crippen LogP contribution in [0.2, 0.25) is 5.02 Å². The lowest BCUT2D eigenvalue weighted by atomic mass is 10.1. The van der Waals surface area contributed by atoms with E-state index in [4.69, 9.17) is 16.3 Å². The molecular weight excluding hydrogens is 473 g/mol. The van der Waals surface area contributed by atoms with Crippen LogP contribution in [0.1, 0.15) is 26.3 Å². The second kappa shape index (κ2) is 10.1. The minimum absolute atomic E-state index is 0. The average molecular weight is 498 g/mol. The molecule has 0 saturated carbocycles. The van der Waals surface area contributed by atoms with Crippen LogP contribution in [-0.2, 0) is 10.0 Å². The van der Waals surface area contributed by atoms with Gasteiger partial charge in [-0.2, -0.15) is 0 Å². The Balaban J connectivity index is 0.00000289. The molecule has 3 aromatic rings. The van der Waals surface area contributed by atoms with Gasteiger partial charge in [-0.05, 0) is 69.3 Å². The highest BCUT2D eigenvalue weighted by molar-refractivity contribution is 7.92. The van der Waals surface area contributed by atoms with Gasteiger partial charge in [0.25, 0.3) is 10.0 Å². The van der Waals surface area contributed by atoms with Crippen molar-refractivity contribution >= 4 is 39.7 Å². The molecule has 1 aliphatic rings. The molecule has 2 N–H and O–H groups in total. The molecule has 0 aliphatic carbocycles. The van der Waals surface area contributed by atoms with Gasteiger partial charge >= 0.3 is 0 Å². The summed E-state index contributed by atoms with van der Waals surface area (Å²) in [6.45, 7) is 5.54. The van der Waals surface area contributed by atoms with Gasteiger partial charge in [0, 0.05) is 17.1 Å². The standard InChI is InChI=1S/C21H24ClN5O3S.ClH/c1-14(2)30-17-4-6-18(7-5-17)31(28,29)26-20-8-3-15(22)11-19(20)21-25-24-13-27(21)16-9-10-23-12-16;/h3-8,11,13-14,16,23,26H,9-10,12H2,1-2H3;1H. The summed E-state index contributed by atoms with van der Waals surface area (Å²) >= 11 is 6.23. The first-order valence-electron chi connectivity index (χ1n) is 10.0. The Bertz CT molecular complexity index is 1160. The highest BCUT2D eigenvalue weighted by Gasteiger charge is 2.24. The maximum absolute atomic E-state index is 13.0. The van der Waals surface area contributed by atoms with E-state index in [1.807, 2.05) is 18.4 Å². The van der Waals surface area contributed by atoms with Gasteiger partial charge in [-0.15, -0.1) is 22.6 Å². The molecule has 1 saturated heterocycles. The fraction of sp³-hybridized carbons (Fsp3) is 0.333. The average Bonchev–Trinajstić information content (AvgIpc) is 3.40. The van der Waals surface area contributed by atoms with Crippen LogP contribution < -0.4 is 14.8 Å². The number of hydrogen-bond acceptors (Lipinski definition) is 6. The van der Waals surface area contributed by atoms with Crippen LogP contribution >= 0.6 is 24.0 Å². The summed E-state index contributed by atoms with van der Waals surface area (Å²) in [6.07, 6.45) is 2.61. The van der Waals surface area contributed by atoms with Crippen LogP contribution in [0, 0.1) is 0 Å². The van der Waals surface area contributed by atoms with Crippen LogP contribution in [0.15, 0.2) is 53.7 Å². The normalized spacial score (nSPS) is 16.1. The van der Waals surface area contributed by atoms with Crippen molar-refractivity contribution in [2.75, 3.05) is 17.8 Å². The summed E-state index contributed by atoms with van der Waals surface area (Å²) in [6, 6.07) is 11.5. The van der Waals surface area contributed by atoms with Crippen molar-refractivity contribution in [3.05, 3.63) is 53.8 Å². The summed E-state index contributed by atoms with van der Waals surface area (Å²) in [7, 11) is -3.84. The fourth-order valence-corrected chi connectivity index (χ4v) is 4.80. The molecule has 1 aromatic heterocycles. The molecule has 0 bridgehead atoms. The number of anilines is 1. The zero-order valence-corrected chi connectivity index (χ0v) is 20.0. The van der Waals surface area contributed by atoms with Crippen molar-refractivity contribution in [3.8, 4) is 17.1 Å². The Kier molecular flexibility index (Phi) is 7.66. The Morgan fingerprint density at radius 1 is 1.22 bits per heavy atom. The van der Waals surface area contributed by atoms with Gasteiger partial charge < -0.3 is 14.6 Å². The van der Waals surface area contributed by atoms with Crippen molar-refractivity contribution in [3.63, 3.8) is 0 Å². The Hall–Kier alpha value is -2.33. The molecule has 11 heteroatoms. The molecule has 0 radical (unpaired) electrons. The SMILES string of the molecule is CC(C)Oc1ccc(S(=O)(=O)Nc2ccc(Cl)cc2-c2nncn2C2CCNC2)cc1.Cl. The first kappa shape index (κ1) is 24.3. The Labute approximate surface area is 198 Å². The smallest absolute Gasteiger partial charge is 0.261 e. The van der Waals surface area contributed by atoms with E-state index in [9.17, 15) is 8.42 Å². The van der Waals surface area contributed by atoms with Crippen molar-refractivity contribution in [1.82, 2.24) is 20.1 Å². The fourth-order valence-electron chi connectivity index (χ4n) is 3.54. The van der Waals surface area contributed by atoms with Gasteiger partial charge in [-0.3, -0.25) is 4.72 Å². The molecule has 0 amide bonds. The number of nitrogens with zero attached hydrogens (tertiary/aromatic N) is 3. The van der Waals surface area contributed by atoms with E-state index in [1.54, 1.807) is 36.7 Å². The van der Waals surface area contributed by atoms with Gasteiger partial charge in [-0.25, -0.2) is 8.42 Å². The number of hydrogen-bond donors (Lipinski definition) is 2. The van der Waals surface area contributed by atoms with Crippen molar-refractivity contribution in [2.45, 2.75) is 37.3 Å². The van der Waals surface area contributed by atoms with Crippen molar-refractivity contribution in [2.24, 2.45) is 0 Å². The number of nitrogens with one attached hydrogen (secondary N) is 2. The molecule has 2 aromatic carbocycles. The van der Waals surface area contributed by atoms with Crippen molar-refractivity contribution in [1.29, 1.82) is 0 Å². The summed E-state index contributed by atoms with van der Waals surface area (Å²) in [5.74, 6) is 1.17. The number of sulfonamides is 1. The van der Waals surface area contributed by atoms with E-state index in [1.165, 1.54) is 12.1 Å². The first-order valence-corrected chi connectivity index (χ1v) is 11.9. The van der Waals surface area contributed by atoms with E-state index in [-0.39, 0.29) is 29.4 Å². The van der Waals surface area contributed by atoms with Crippen LogP contribution in [0.5, 0.6) is 5.75 Å². The number of benzene rings is 2. The number of halogens is 2. The quantitative estimate of drug-likeness (QED) is 0.508. The van der Waals surface area contributed by atoms with Gasteiger partial charge in [0.15, 0.2) is 5.82 Å². The number of ether oxygens (including phenoxy) is 1. The second-order valence-corrected chi connectivity index (χ2v) is 9.76. The minimum Gasteiger partial charge on any atom is -0.491 e.